The van der Waals surface area contributed by atoms with Crippen molar-refractivity contribution in [1.29, 1.82) is 0 Å². The van der Waals surface area contributed by atoms with Gasteiger partial charge in [-0.05, 0) is 63.4 Å². The number of likely N-dealkylation sites (tertiary alicyclic amines) is 2. The molecule has 4 aliphatic heterocycles. The highest BCUT2D eigenvalue weighted by Crippen LogP contribution is 2.37. The third-order valence-electron chi connectivity index (χ3n) is 7.67. The number of nitrogens with one attached hydrogen (secondary N) is 1. The topological polar surface area (TPSA) is 83.1 Å². The van der Waals surface area contributed by atoms with Crippen molar-refractivity contribution in [2.75, 3.05) is 62.7 Å². The van der Waals surface area contributed by atoms with Crippen LogP contribution in [0.2, 0.25) is 0 Å². The number of nitrogens with zero attached hydrogens (tertiary/aromatic N) is 5. The Hall–Kier alpha value is -3.17. The number of aromatic nitrogens is 2. The average molecular weight is 507 g/mol. The fraction of sp³-hybridized carbons (Fsp3) is 0.536. The maximum absolute atomic E-state index is 11.4. The highest BCUT2D eigenvalue weighted by atomic mass is 16.5. The summed E-state index contributed by atoms with van der Waals surface area (Å²) in [6.45, 7) is 13.5. The monoisotopic (exact) mass is 506 g/mol. The Morgan fingerprint density at radius 1 is 1.08 bits per heavy atom. The SMILES string of the molecule is C=CC(=O)N1CCC(N2CCCC2)CC1.Cc1cccc2c1OCc1c(ncnc1N1CCOCC1)N2. The molecule has 0 bridgehead atoms. The largest absolute Gasteiger partial charge is 0.486 e. The van der Waals surface area contributed by atoms with Crippen molar-refractivity contribution in [2.24, 2.45) is 0 Å². The first-order valence-corrected chi connectivity index (χ1v) is 13.5. The van der Waals surface area contributed by atoms with Gasteiger partial charge in [0.15, 0.2) is 0 Å². The van der Waals surface area contributed by atoms with Gasteiger partial charge < -0.3 is 29.5 Å². The van der Waals surface area contributed by atoms with Gasteiger partial charge in [0, 0.05) is 32.2 Å². The molecule has 4 aliphatic rings. The molecule has 9 heteroatoms. The maximum Gasteiger partial charge on any atom is 0.245 e. The van der Waals surface area contributed by atoms with E-state index in [9.17, 15) is 4.79 Å². The molecule has 37 heavy (non-hydrogen) atoms. The second-order valence-electron chi connectivity index (χ2n) is 9.99. The standard InChI is InChI=1S/C16H18N4O2.C12H20N2O/c1-11-3-2-4-13-14(11)22-9-12-15(19-13)17-10-18-16(12)20-5-7-21-8-6-20;1-2-12(15)14-9-5-11(6-10-14)13-7-3-4-8-13/h2-4,10H,5-9H2,1H3,(H,17,18,19);2,11H,1,3-10H2. The second kappa shape index (κ2) is 11.9. The minimum Gasteiger partial charge on any atom is -0.486 e. The van der Waals surface area contributed by atoms with E-state index in [2.05, 4.69) is 31.7 Å². The number of benzene rings is 1. The first-order valence-electron chi connectivity index (χ1n) is 13.5. The highest BCUT2D eigenvalue weighted by molar-refractivity contribution is 5.87. The molecule has 6 rings (SSSR count). The minimum absolute atomic E-state index is 0.0925. The van der Waals surface area contributed by atoms with Gasteiger partial charge in [-0.1, -0.05) is 18.7 Å². The Balaban J connectivity index is 0.000000164. The molecule has 0 spiro atoms. The molecular weight excluding hydrogens is 468 g/mol. The molecule has 0 unspecified atom stereocenters. The summed E-state index contributed by atoms with van der Waals surface area (Å²) in [6, 6.07) is 6.79. The third kappa shape index (κ3) is 5.88. The predicted molar refractivity (Wildman–Crippen MR) is 144 cm³/mol. The number of carbonyl (C=O) groups is 1. The van der Waals surface area contributed by atoms with E-state index in [1.807, 2.05) is 30.0 Å². The van der Waals surface area contributed by atoms with Crippen LogP contribution in [0.15, 0.2) is 37.2 Å². The number of hydrogen-bond donors (Lipinski definition) is 1. The van der Waals surface area contributed by atoms with Crippen LogP contribution in [0.4, 0.5) is 17.3 Å². The van der Waals surface area contributed by atoms with Crippen LogP contribution in [0, 0.1) is 6.92 Å². The van der Waals surface area contributed by atoms with Gasteiger partial charge in [0.2, 0.25) is 5.91 Å². The summed E-state index contributed by atoms with van der Waals surface area (Å²) in [5, 5.41) is 3.39. The first-order chi connectivity index (χ1) is 18.1. The lowest BCUT2D eigenvalue weighted by Crippen LogP contribution is -2.45. The summed E-state index contributed by atoms with van der Waals surface area (Å²) in [5.74, 6) is 2.73. The van der Waals surface area contributed by atoms with Crippen LogP contribution >= 0.6 is 0 Å². The number of fused-ring (bicyclic) bond motifs is 2. The van der Waals surface area contributed by atoms with Gasteiger partial charge in [-0.2, -0.15) is 0 Å². The van der Waals surface area contributed by atoms with E-state index in [1.165, 1.54) is 32.0 Å². The second-order valence-corrected chi connectivity index (χ2v) is 9.99. The molecule has 9 nitrogen and oxygen atoms in total. The first kappa shape index (κ1) is 25.5. The third-order valence-corrected chi connectivity index (χ3v) is 7.67. The van der Waals surface area contributed by atoms with Gasteiger partial charge in [-0.15, -0.1) is 0 Å². The number of morpholine rings is 1. The van der Waals surface area contributed by atoms with E-state index >= 15 is 0 Å². The summed E-state index contributed by atoms with van der Waals surface area (Å²) in [6.07, 6.45) is 8.02. The number of anilines is 3. The zero-order valence-corrected chi connectivity index (χ0v) is 21.8. The molecule has 1 amide bonds. The lowest BCUT2D eigenvalue weighted by Gasteiger charge is -2.36. The molecular formula is C28H38N6O3. The van der Waals surface area contributed by atoms with Gasteiger partial charge >= 0.3 is 0 Å². The van der Waals surface area contributed by atoms with Crippen molar-refractivity contribution in [1.82, 2.24) is 19.8 Å². The van der Waals surface area contributed by atoms with E-state index in [1.54, 1.807) is 6.33 Å². The lowest BCUT2D eigenvalue weighted by molar-refractivity contribution is -0.127. The Morgan fingerprint density at radius 2 is 1.84 bits per heavy atom. The highest BCUT2D eigenvalue weighted by Gasteiger charge is 2.27. The summed E-state index contributed by atoms with van der Waals surface area (Å²) >= 11 is 0. The predicted octanol–water partition coefficient (Wildman–Crippen LogP) is 3.52. The van der Waals surface area contributed by atoms with E-state index in [4.69, 9.17) is 9.47 Å². The molecule has 0 saturated carbocycles. The molecule has 3 saturated heterocycles. The van der Waals surface area contributed by atoms with Crippen LogP contribution in [0.3, 0.4) is 0 Å². The number of aryl methyl sites for hydroxylation is 1. The van der Waals surface area contributed by atoms with Gasteiger partial charge in [-0.25, -0.2) is 9.97 Å². The average Bonchev–Trinajstić information content (AvgIpc) is 3.41. The zero-order chi connectivity index (χ0) is 25.6. The molecule has 2 aromatic rings. The Morgan fingerprint density at radius 3 is 2.57 bits per heavy atom. The van der Waals surface area contributed by atoms with Crippen molar-refractivity contribution < 1.29 is 14.3 Å². The van der Waals surface area contributed by atoms with Crippen molar-refractivity contribution in [3.63, 3.8) is 0 Å². The maximum atomic E-state index is 11.4. The Labute approximate surface area is 219 Å². The quantitative estimate of drug-likeness (QED) is 0.634. The number of piperidine rings is 1. The molecule has 3 fully saturated rings. The van der Waals surface area contributed by atoms with Crippen LogP contribution in [0.25, 0.3) is 0 Å². The summed E-state index contributed by atoms with van der Waals surface area (Å²) in [4.78, 5) is 27.0. The minimum atomic E-state index is 0.0925. The molecule has 198 valence electrons. The van der Waals surface area contributed by atoms with Gasteiger partial charge in [0.05, 0.1) is 24.5 Å². The number of rotatable bonds is 3. The van der Waals surface area contributed by atoms with Crippen molar-refractivity contribution in [2.45, 2.75) is 45.3 Å². The smallest absolute Gasteiger partial charge is 0.245 e. The number of hydrogen-bond acceptors (Lipinski definition) is 8. The summed E-state index contributed by atoms with van der Waals surface area (Å²) in [7, 11) is 0. The van der Waals surface area contributed by atoms with Crippen LogP contribution in [0.5, 0.6) is 5.75 Å². The zero-order valence-electron chi connectivity index (χ0n) is 21.8. The number of para-hydroxylation sites is 1. The molecule has 5 heterocycles. The van der Waals surface area contributed by atoms with Crippen LogP contribution in [-0.4, -0.2) is 84.2 Å². The van der Waals surface area contributed by atoms with E-state index < -0.39 is 0 Å². The number of ether oxygens (including phenoxy) is 2. The lowest BCUT2D eigenvalue weighted by atomic mass is 10.0. The van der Waals surface area contributed by atoms with Gasteiger partial charge in [-0.3, -0.25) is 4.79 Å². The molecule has 0 aliphatic carbocycles. The molecule has 1 aromatic carbocycles. The molecule has 0 atom stereocenters. The van der Waals surface area contributed by atoms with Gasteiger partial charge in [0.1, 0.15) is 30.3 Å². The van der Waals surface area contributed by atoms with Crippen LogP contribution < -0.4 is 15.0 Å². The van der Waals surface area contributed by atoms with Crippen molar-refractivity contribution in [3.05, 3.63) is 48.3 Å². The fourth-order valence-electron chi connectivity index (χ4n) is 5.59. The van der Waals surface area contributed by atoms with E-state index in [-0.39, 0.29) is 5.91 Å². The van der Waals surface area contributed by atoms with Crippen LogP contribution in [-0.2, 0) is 16.1 Å². The Bertz CT molecular complexity index is 1090. The van der Waals surface area contributed by atoms with Gasteiger partial charge in [0.25, 0.3) is 0 Å². The van der Waals surface area contributed by atoms with Crippen LogP contribution in [0.1, 0.15) is 36.8 Å². The number of carbonyl (C=O) groups excluding carboxylic acids is 1. The molecule has 1 N–H and O–H groups in total. The molecule has 0 radical (unpaired) electrons. The fourth-order valence-corrected chi connectivity index (χ4v) is 5.59. The normalized spacial score (nSPS) is 19.9. The molecule has 1 aromatic heterocycles. The number of amides is 1. The van der Waals surface area contributed by atoms with Crippen molar-refractivity contribution >= 4 is 23.2 Å². The van der Waals surface area contributed by atoms with E-state index in [0.717, 1.165) is 92.5 Å². The van der Waals surface area contributed by atoms with E-state index in [0.29, 0.717) is 6.61 Å². The summed E-state index contributed by atoms with van der Waals surface area (Å²) < 4.78 is 11.5. The van der Waals surface area contributed by atoms with Crippen molar-refractivity contribution in [3.8, 4) is 5.75 Å². The Kier molecular flexibility index (Phi) is 8.21. The summed E-state index contributed by atoms with van der Waals surface area (Å²) in [5.41, 5.74) is 3.06.